The van der Waals surface area contributed by atoms with Crippen molar-refractivity contribution in [2.45, 2.75) is 24.2 Å². The number of fused-ring (bicyclic) bond motifs is 3. The largest absolute Gasteiger partial charge is 0.573 e. The molecule has 0 spiro atoms. The molecule has 1 N–H and O–H groups in total. The summed E-state index contributed by atoms with van der Waals surface area (Å²) in [5.74, 6) is 0.209. The summed E-state index contributed by atoms with van der Waals surface area (Å²) in [6.07, 6.45) is -4.79. The topological polar surface area (TPSA) is 59.9 Å². The summed E-state index contributed by atoms with van der Waals surface area (Å²) >= 11 is 1.39. The van der Waals surface area contributed by atoms with Gasteiger partial charge in [-0.05, 0) is 48.4 Å². The van der Waals surface area contributed by atoms with E-state index in [0.29, 0.717) is 27.6 Å². The molecule has 0 aliphatic heterocycles. The number of aromatic amines is 1. The Morgan fingerprint density at radius 3 is 2.44 bits per heavy atom. The second kappa shape index (κ2) is 8.57. The van der Waals surface area contributed by atoms with Gasteiger partial charge in [0, 0.05) is 16.7 Å². The van der Waals surface area contributed by atoms with E-state index in [-0.39, 0.29) is 11.3 Å². The molecule has 172 valence electrons. The van der Waals surface area contributed by atoms with Crippen LogP contribution in [-0.2, 0) is 5.75 Å². The van der Waals surface area contributed by atoms with Crippen LogP contribution in [0.5, 0.6) is 5.75 Å². The van der Waals surface area contributed by atoms with E-state index in [2.05, 4.69) is 9.72 Å². The first-order chi connectivity index (χ1) is 16.3. The maximum absolute atomic E-state index is 13.6. The van der Waals surface area contributed by atoms with Crippen molar-refractivity contribution in [2.24, 2.45) is 0 Å². The number of aryl methyl sites for hydroxylation is 1. The third kappa shape index (κ3) is 4.26. The van der Waals surface area contributed by atoms with Gasteiger partial charge in [-0.3, -0.25) is 9.36 Å². The second-order valence-corrected chi connectivity index (χ2v) is 8.63. The zero-order valence-corrected chi connectivity index (χ0v) is 18.7. The molecule has 2 heterocycles. The third-order valence-electron chi connectivity index (χ3n) is 5.44. The molecule has 0 unspecified atom stereocenters. The summed E-state index contributed by atoms with van der Waals surface area (Å²) in [7, 11) is 0. The molecule has 9 heteroatoms. The zero-order valence-electron chi connectivity index (χ0n) is 17.9. The predicted octanol–water partition coefficient (Wildman–Crippen LogP) is 6.37. The minimum Gasteiger partial charge on any atom is -0.406 e. The lowest BCUT2D eigenvalue weighted by Crippen LogP contribution is -2.22. The Hall–Kier alpha value is -3.72. The van der Waals surface area contributed by atoms with Crippen LogP contribution in [0.1, 0.15) is 11.1 Å². The Morgan fingerprint density at radius 1 is 1.00 bits per heavy atom. The number of alkyl halides is 3. The minimum absolute atomic E-state index is 0.331. The number of nitrogens with one attached hydrogen (secondary N) is 1. The van der Waals surface area contributed by atoms with Crippen LogP contribution < -0.4 is 10.3 Å². The second-order valence-electron chi connectivity index (χ2n) is 7.69. The smallest absolute Gasteiger partial charge is 0.406 e. The average Bonchev–Trinajstić information content (AvgIpc) is 3.18. The maximum atomic E-state index is 13.6. The summed E-state index contributed by atoms with van der Waals surface area (Å²) in [6, 6.07) is 20.6. The first-order valence-corrected chi connectivity index (χ1v) is 11.4. The number of thioether (sulfide) groups is 1. The van der Waals surface area contributed by atoms with Crippen LogP contribution in [-0.4, -0.2) is 20.9 Å². The van der Waals surface area contributed by atoms with Crippen molar-refractivity contribution in [3.8, 4) is 11.4 Å². The van der Waals surface area contributed by atoms with Crippen LogP contribution >= 0.6 is 11.8 Å². The van der Waals surface area contributed by atoms with Crippen molar-refractivity contribution in [3.63, 3.8) is 0 Å². The number of ether oxygens (including phenoxy) is 1. The highest BCUT2D eigenvalue weighted by Crippen LogP contribution is 2.30. The van der Waals surface area contributed by atoms with Gasteiger partial charge in [0.2, 0.25) is 0 Å². The highest BCUT2D eigenvalue weighted by Gasteiger charge is 2.31. The van der Waals surface area contributed by atoms with Crippen LogP contribution in [0.25, 0.3) is 27.6 Å². The molecule has 5 rings (SSSR count). The lowest BCUT2D eigenvalue weighted by Gasteiger charge is -2.14. The number of para-hydroxylation sites is 1. The minimum atomic E-state index is -4.79. The zero-order chi connectivity index (χ0) is 23.9. The SMILES string of the molecule is Cc1ccccc1CSc1nc2c([nH]c3ccccc32)c(=O)n1-c1ccc(OC(F)(F)F)cc1. The molecule has 0 atom stereocenters. The summed E-state index contributed by atoms with van der Waals surface area (Å²) < 4.78 is 43.1. The quantitative estimate of drug-likeness (QED) is 0.234. The molecule has 0 amide bonds. The first-order valence-electron chi connectivity index (χ1n) is 10.4. The molecule has 2 aromatic heterocycles. The van der Waals surface area contributed by atoms with E-state index in [0.717, 1.165) is 22.0 Å². The van der Waals surface area contributed by atoms with Gasteiger partial charge in [0.25, 0.3) is 5.56 Å². The normalized spacial score (nSPS) is 11.9. The fourth-order valence-electron chi connectivity index (χ4n) is 3.78. The lowest BCUT2D eigenvalue weighted by atomic mass is 10.1. The van der Waals surface area contributed by atoms with Crippen molar-refractivity contribution >= 4 is 33.7 Å². The number of aromatic nitrogens is 3. The maximum Gasteiger partial charge on any atom is 0.573 e. The van der Waals surface area contributed by atoms with Gasteiger partial charge in [0.05, 0.1) is 5.69 Å². The number of nitrogens with zero attached hydrogens (tertiary/aromatic N) is 2. The van der Waals surface area contributed by atoms with Gasteiger partial charge in [0.15, 0.2) is 5.16 Å². The Labute approximate surface area is 196 Å². The molecule has 0 aliphatic rings. The molecule has 5 nitrogen and oxygen atoms in total. The summed E-state index contributed by atoms with van der Waals surface area (Å²) in [4.78, 5) is 21.5. The fraction of sp³-hybridized carbons (Fsp3) is 0.120. The fourth-order valence-corrected chi connectivity index (χ4v) is 4.86. The van der Waals surface area contributed by atoms with Gasteiger partial charge in [-0.1, -0.05) is 54.2 Å². The lowest BCUT2D eigenvalue weighted by molar-refractivity contribution is -0.274. The van der Waals surface area contributed by atoms with Gasteiger partial charge in [0.1, 0.15) is 16.8 Å². The van der Waals surface area contributed by atoms with Gasteiger partial charge in [-0.25, -0.2) is 4.98 Å². The summed E-state index contributed by atoms with van der Waals surface area (Å²) in [5, 5.41) is 1.27. The molecule has 0 radical (unpaired) electrons. The highest BCUT2D eigenvalue weighted by molar-refractivity contribution is 7.98. The van der Waals surface area contributed by atoms with Crippen LogP contribution in [0.15, 0.2) is 82.7 Å². The first kappa shape index (κ1) is 22.1. The highest BCUT2D eigenvalue weighted by atomic mass is 32.2. The monoisotopic (exact) mass is 481 g/mol. The van der Waals surface area contributed by atoms with Crippen LogP contribution in [0.2, 0.25) is 0 Å². The van der Waals surface area contributed by atoms with E-state index in [4.69, 9.17) is 4.98 Å². The molecule has 5 aromatic rings. The van der Waals surface area contributed by atoms with Crippen molar-refractivity contribution in [1.82, 2.24) is 14.5 Å². The van der Waals surface area contributed by atoms with Crippen molar-refractivity contribution in [1.29, 1.82) is 0 Å². The standard InChI is InChI=1S/C25H18F3N3O2S/c1-15-6-2-3-7-16(15)14-34-24-30-21-19-8-4-5-9-20(19)29-22(21)23(32)31(24)17-10-12-18(13-11-17)33-25(26,27)28/h2-13,29H,14H2,1H3. The molecule has 0 aliphatic carbocycles. The van der Waals surface area contributed by atoms with E-state index in [9.17, 15) is 18.0 Å². The van der Waals surface area contributed by atoms with Gasteiger partial charge < -0.3 is 9.72 Å². The molecular formula is C25H18F3N3O2S. The van der Waals surface area contributed by atoms with Gasteiger partial charge >= 0.3 is 6.36 Å². The van der Waals surface area contributed by atoms with E-state index < -0.39 is 6.36 Å². The molecule has 0 saturated carbocycles. The third-order valence-corrected chi connectivity index (χ3v) is 6.43. The van der Waals surface area contributed by atoms with Crippen molar-refractivity contribution in [3.05, 3.63) is 94.3 Å². The molecule has 3 aromatic carbocycles. The molecule has 0 saturated heterocycles. The van der Waals surface area contributed by atoms with Crippen LogP contribution in [0.3, 0.4) is 0 Å². The van der Waals surface area contributed by atoms with E-state index in [1.807, 2.05) is 55.5 Å². The Morgan fingerprint density at radius 2 is 1.71 bits per heavy atom. The van der Waals surface area contributed by atoms with Crippen LogP contribution in [0, 0.1) is 6.92 Å². The van der Waals surface area contributed by atoms with Gasteiger partial charge in [-0.15, -0.1) is 13.2 Å². The molecule has 34 heavy (non-hydrogen) atoms. The van der Waals surface area contributed by atoms with Crippen molar-refractivity contribution in [2.75, 3.05) is 0 Å². The number of hydrogen-bond donors (Lipinski definition) is 1. The predicted molar refractivity (Wildman–Crippen MR) is 127 cm³/mol. The average molecular weight is 481 g/mol. The Balaban J connectivity index is 1.64. The number of H-pyrrole nitrogens is 1. The molecule has 0 fully saturated rings. The molecule has 0 bridgehead atoms. The summed E-state index contributed by atoms with van der Waals surface area (Å²) in [5.41, 5.74) is 3.94. The van der Waals surface area contributed by atoms with Crippen LogP contribution in [0.4, 0.5) is 13.2 Å². The Kier molecular flexibility index (Phi) is 5.57. The number of hydrogen-bond acceptors (Lipinski definition) is 4. The van der Waals surface area contributed by atoms with Crippen molar-refractivity contribution < 1.29 is 17.9 Å². The van der Waals surface area contributed by atoms with E-state index in [1.54, 1.807) is 0 Å². The number of rotatable bonds is 5. The van der Waals surface area contributed by atoms with E-state index in [1.165, 1.54) is 40.6 Å². The van der Waals surface area contributed by atoms with Gasteiger partial charge in [-0.2, -0.15) is 0 Å². The number of halogens is 3. The number of benzene rings is 3. The molecular weight excluding hydrogens is 463 g/mol. The summed E-state index contributed by atoms with van der Waals surface area (Å²) in [6.45, 7) is 2.01. The Bertz CT molecular complexity index is 1560. The van der Waals surface area contributed by atoms with E-state index >= 15 is 0 Å².